The quantitative estimate of drug-likeness (QED) is 0.502. The molecule has 0 aromatic carbocycles. The van der Waals surface area contributed by atoms with Gasteiger partial charge in [0.15, 0.2) is 0 Å². The van der Waals surface area contributed by atoms with Gasteiger partial charge in [-0.1, -0.05) is 0 Å². The molecule has 1 aromatic heterocycles. The highest BCUT2D eigenvalue weighted by Gasteiger charge is 2.42. The molecule has 12 heteroatoms. The molecule has 1 amide bonds. The van der Waals surface area contributed by atoms with Crippen molar-refractivity contribution in [2.45, 2.75) is 31.2 Å². The minimum atomic E-state index is -5.09. The van der Waals surface area contributed by atoms with Gasteiger partial charge in [0.2, 0.25) is 5.82 Å². The lowest BCUT2D eigenvalue weighted by molar-refractivity contribution is -0.384. The van der Waals surface area contributed by atoms with Crippen LogP contribution in [0.2, 0.25) is 0 Å². The largest absolute Gasteiger partial charge is 0.471 e. The minimum Gasteiger partial charge on any atom is -0.348 e. The maximum Gasteiger partial charge on any atom is 0.471 e. The first-order chi connectivity index (χ1) is 11.1. The van der Waals surface area contributed by atoms with Gasteiger partial charge in [-0.25, -0.2) is 9.07 Å². The molecule has 8 nitrogen and oxygen atoms in total. The van der Waals surface area contributed by atoms with E-state index in [-0.39, 0.29) is 37.4 Å². The van der Waals surface area contributed by atoms with Crippen LogP contribution in [0.1, 0.15) is 12.8 Å². The molecule has 134 valence electrons. The third kappa shape index (κ3) is 3.74. The van der Waals surface area contributed by atoms with E-state index in [0.717, 1.165) is 6.20 Å². The number of hydrogen-bond donors (Lipinski definition) is 1. The number of aryl methyl sites for hydroxylation is 1. The molecule has 1 saturated heterocycles. The molecule has 0 radical (unpaired) electrons. The number of nitrogens with one attached hydrogen (secondary N) is 1. The van der Waals surface area contributed by atoms with Crippen LogP contribution < -0.4 is 10.2 Å². The van der Waals surface area contributed by atoms with Crippen LogP contribution in [0.3, 0.4) is 0 Å². The molecule has 1 fully saturated rings. The highest BCUT2D eigenvalue weighted by molar-refractivity contribution is 5.82. The Morgan fingerprint density at radius 3 is 2.75 bits per heavy atom. The third-order valence-electron chi connectivity index (χ3n) is 3.73. The molecule has 0 spiro atoms. The van der Waals surface area contributed by atoms with Gasteiger partial charge in [-0.2, -0.15) is 18.3 Å². The van der Waals surface area contributed by atoms with E-state index in [0.29, 0.717) is 0 Å². The SMILES string of the molecule is Cn1ncc([N+](=O)[O-])c1N1CCC[C@@H](NC(=O)C(F)(F)F)[C@H](F)C1. The van der Waals surface area contributed by atoms with Crippen LogP contribution in [0.15, 0.2) is 6.20 Å². The van der Waals surface area contributed by atoms with Crippen molar-refractivity contribution in [3.63, 3.8) is 0 Å². The first kappa shape index (κ1) is 17.9. The molecule has 2 atom stereocenters. The molecule has 0 bridgehead atoms. The highest BCUT2D eigenvalue weighted by Crippen LogP contribution is 2.30. The van der Waals surface area contributed by atoms with Gasteiger partial charge in [0, 0.05) is 13.6 Å². The van der Waals surface area contributed by atoms with Gasteiger partial charge in [0.25, 0.3) is 0 Å². The molecule has 0 aliphatic carbocycles. The van der Waals surface area contributed by atoms with Crippen molar-refractivity contribution in [1.82, 2.24) is 15.1 Å². The van der Waals surface area contributed by atoms with E-state index in [1.807, 2.05) is 0 Å². The average Bonchev–Trinajstić information content (AvgIpc) is 2.76. The number of amides is 1. The van der Waals surface area contributed by atoms with Crippen molar-refractivity contribution in [2.75, 3.05) is 18.0 Å². The Labute approximate surface area is 133 Å². The van der Waals surface area contributed by atoms with Gasteiger partial charge in [-0.3, -0.25) is 14.9 Å². The lowest BCUT2D eigenvalue weighted by Crippen LogP contribution is -2.48. The number of carbonyl (C=O) groups is 1. The van der Waals surface area contributed by atoms with Crippen LogP contribution in [0, 0.1) is 10.1 Å². The summed E-state index contributed by atoms with van der Waals surface area (Å²) in [5.41, 5.74) is -0.317. The molecule has 1 aromatic rings. The van der Waals surface area contributed by atoms with Gasteiger partial charge < -0.3 is 10.2 Å². The van der Waals surface area contributed by atoms with E-state index in [1.165, 1.54) is 16.6 Å². The molecule has 1 aliphatic heterocycles. The molecule has 0 saturated carbocycles. The fourth-order valence-corrected chi connectivity index (χ4v) is 2.63. The van der Waals surface area contributed by atoms with Gasteiger partial charge in [-0.05, 0) is 12.8 Å². The summed E-state index contributed by atoms with van der Waals surface area (Å²) in [7, 11) is 1.45. The van der Waals surface area contributed by atoms with E-state index in [1.54, 1.807) is 5.32 Å². The Hall–Kier alpha value is -2.40. The average molecular weight is 353 g/mol. The first-order valence-corrected chi connectivity index (χ1v) is 7.04. The fraction of sp³-hybridized carbons (Fsp3) is 0.667. The monoisotopic (exact) mass is 353 g/mol. The number of anilines is 1. The maximum atomic E-state index is 14.3. The molecular formula is C12H15F4N5O3. The van der Waals surface area contributed by atoms with Crippen LogP contribution in [-0.2, 0) is 11.8 Å². The highest BCUT2D eigenvalue weighted by atomic mass is 19.4. The molecule has 2 heterocycles. The van der Waals surface area contributed by atoms with Crippen LogP contribution in [-0.4, -0.2) is 52.1 Å². The molecule has 2 rings (SSSR count). The third-order valence-corrected chi connectivity index (χ3v) is 3.73. The van der Waals surface area contributed by atoms with E-state index < -0.39 is 29.2 Å². The topological polar surface area (TPSA) is 93.3 Å². The van der Waals surface area contributed by atoms with E-state index in [2.05, 4.69) is 5.10 Å². The molecule has 1 N–H and O–H groups in total. The van der Waals surface area contributed by atoms with Crippen molar-refractivity contribution in [1.29, 1.82) is 0 Å². The van der Waals surface area contributed by atoms with Crippen LogP contribution in [0.4, 0.5) is 29.1 Å². The zero-order chi connectivity index (χ0) is 18.1. The molecule has 24 heavy (non-hydrogen) atoms. The normalized spacial score (nSPS) is 22.1. The molecule has 0 unspecified atom stereocenters. The minimum absolute atomic E-state index is 0.00879. The summed E-state index contributed by atoms with van der Waals surface area (Å²) >= 11 is 0. The van der Waals surface area contributed by atoms with Crippen LogP contribution in [0.25, 0.3) is 0 Å². The van der Waals surface area contributed by atoms with Crippen LogP contribution >= 0.6 is 0 Å². The number of nitrogens with zero attached hydrogens (tertiary/aromatic N) is 4. The number of carbonyl (C=O) groups excluding carboxylic acids is 1. The van der Waals surface area contributed by atoms with Gasteiger partial charge >= 0.3 is 17.8 Å². The summed E-state index contributed by atoms with van der Waals surface area (Å²) in [5.74, 6) is -2.12. The Morgan fingerprint density at radius 2 is 2.17 bits per heavy atom. The first-order valence-electron chi connectivity index (χ1n) is 7.04. The van der Waals surface area contributed by atoms with Gasteiger partial charge in [0.1, 0.15) is 12.4 Å². The van der Waals surface area contributed by atoms with E-state index in [9.17, 15) is 32.5 Å². The number of aromatic nitrogens is 2. The second kappa shape index (κ2) is 6.61. The van der Waals surface area contributed by atoms with Gasteiger partial charge in [-0.15, -0.1) is 0 Å². The van der Waals surface area contributed by atoms with Gasteiger partial charge in [0.05, 0.1) is 17.5 Å². The predicted molar refractivity (Wildman–Crippen MR) is 74.2 cm³/mol. The summed E-state index contributed by atoms with van der Waals surface area (Å²) in [5, 5.41) is 16.4. The number of alkyl halides is 4. The molecule has 1 aliphatic rings. The second-order valence-corrected chi connectivity index (χ2v) is 5.42. The Bertz CT molecular complexity index is 633. The summed E-state index contributed by atoms with van der Waals surface area (Å²) in [6.45, 7) is -0.192. The zero-order valence-electron chi connectivity index (χ0n) is 12.6. The second-order valence-electron chi connectivity index (χ2n) is 5.42. The maximum absolute atomic E-state index is 14.3. The lowest BCUT2D eigenvalue weighted by Gasteiger charge is -2.25. The summed E-state index contributed by atoms with van der Waals surface area (Å²) in [4.78, 5) is 22.7. The fourth-order valence-electron chi connectivity index (χ4n) is 2.63. The van der Waals surface area contributed by atoms with Crippen molar-refractivity contribution in [3.8, 4) is 0 Å². The zero-order valence-corrected chi connectivity index (χ0v) is 12.6. The lowest BCUT2D eigenvalue weighted by atomic mass is 10.1. The number of nitro groups is 1. The number of hydrogen-bond acceptors (Lipinski definition) is 5. The summed E-state index contributed by atoms with van der Waals surface area (Å²) in [6.07, 6.45) is -5.63. The number of halogens is 4. The number of rotatable bonds is 3. The Balaban J connectivity index is 2.15. The standard InChI is InChI=1S/C12H15F4N5O3/c1-19-10(9(5-17-19)21(23)24)20-4-2-3-8(7(13)6-20)18-11(22)12(14,15)16/h5,7-8H,2-4,6H2,1H3,(H,18,22)/t7-,8-/m1/s1. The Morgan fingerprint density at radius 1 is 1.50 bits per heavy atom. The van der Waals surface area contributed by atoms with Crippen molar-refractivity contribution < 1.29 is 27.3 Å². The van der Waals surface area contributed by atoms with Crippen molar-refractivity contribution in [2.24, 2.45) is 7.05 Å². The predicted octanol–water partition coefficient (Wildman–Crippen LogP) is 1.31. The van der Waals surface area contributed by atoms with Crippen molar-refractivity contribution in [3.05, 3.63) is 16.3 Å². The molecular weight excluding hydrogens is 338 g/mol. The van der Waals surface area contributed by atoms with Crippen LogP contribution in [0.5, 0.6) is 0 Å². The summed E-state index contributed by atoms with van der Waals surface area (Å²) in [6, 6.07) is -1.31. The van der Waals surface area contributed by atoms with Crippen molar-refractivity contribution >= 4 is 17.4 Å². The summed E-state index contributed by atoms with van der Waals surface area (Å²) < 4.78 is 52.4. The Kier molecular flexibility index (Phi) is 4.94. The smallest absolute Gasteiger partial charge is 0.348 e. The van der Waals surface area contributed by atoms with E-state index >= 15 is 0 Å². The van der Waals surface area contributed by atoms with E-state index in [4.69, 9.17) is 0 Å².